The maximum atomic E-state index is 13.6. The fourth-order valence-electron chi connectivity index (χ4n) is 2.86. The summed E-state index contributed by atoms with van der Waals surface area (Å²) in [6.07, 6.45) is 0.125. The molecule has 1 aliphatic heterocycles. The van der Waals surface area contributed by atoms with E-state index < -0.39 is 29.2 Å². The van der Waals surface area contributed by atoms with E-state index in [0.717, 1.165) is 24.3 Å². The summed E-state index contributed by atoms with van der Waals surface area (Å²) in [4.78, 5) is 11.0. The van der Waals surface area contributed by atoms with Gasteiger partial charge in [0.1, 0.15) is 17.4 Å². The predicted octanol–water partition coefficient (Wildman–Crippen LogP) is 3.17. The zero-order valence-corrected chi connectivity index (χ0v) is 15.6. The number of methoxy groups -OCH3 is 1. The van der Waals surface area contributed by atoms with E-state index in [1.54, 1.807) is 0 Å². The first kappa shape index (κ1) is 21.1. The van der Waals surface area contributed by atoms with Crippen LogP contribution in [0.1, 0.15) is 17.9 Å². The van der Waals surface area contributed by atoms with Gasteiger partial charge < -0.3 is 20.2 Å². The van der Waals surface area contributed by atoms with Gasteiger partial charge in [0.05, 0.1) is 7.11 Å². The molecule has 0 spiro atoms. The van der Waals surface area contributed by atoms with Crippen LogP contribution >= 0.6 is 0 Å². The molecule has 0 aliphatic carbocycles. The van der Waals surface area contributed by atoms with Crippen molar-refractivity contribution in [2.45, 2.75) is 12.3 Å². The first-order valence-electron chi connectivity index (χ1n) is 8.62. The molecule has 1 saturated heterocycles. The fraction of sp³-hybridized carbons (Fsp3) is 0.211. The largest absolute Gasteiger partial charge is 0.497 e. The van der Waals surface area contributed by atoms with Crippen LogP contribution < -0.4 is 15.8 Å². The molecule has 1 aliphatic rings. The highest BCUT2D eigenvalue weighted by Crippen LogP contribution is 2.30. The van der Waals surface area contributed by atoms with Crippen LogP contribution in [0.25, 0.3) is 11.5 Å². The van der Waals surface area contributed by atoms with Crippen LogP contribution in [-0.2, 0) is 4.79 Å². The number of hydrogen-bond donors (Lipinski definition) is 2. The number of nitrogen functional groups attached to an aromatic ring is 1. The molecule has 0 bridgehead atoms. The summed E-state index contributed by atoms with van der Waals surface area (Å²) in [5, 5.41) is 9.46. The average Bonchev–Trinajstić information content (AvgIpc) is 3.32. The third-order valence-corrected chi connectivity index (χ3v) is 4.28. The van der Waals surface area contributed by atoms with E-state index in [2.05, 4.69) is 15.5 Å². The van der Waals surface area contributed by atoms with Crippen molar-refractivity contribution in [2.24, 2.45) is 0 Å². The Morgan fingerprint density at radius 3 is 2.27 bits per heavy atom. The molecule has 3 N–H and O–H groups in total. The molecule has 2 heterocycles. The van der Waals surface area contributed by atoms with Crippen molar-refractivity contribution < 1.29 is 31.5 Å². The normalized spacial score (nSPS) is 15.4. The van der Waals surface area contributed by atoms with Crippen molar-refractivity contribution in [1.82, 2.24) is 15.5 Å². The number of hydrogen-bond acceptors (Lipinski definition) is 6. The Kier molecular flexibility index (Phi) is 6.19. The van der Waals surface area contributed by atoms with Gasteiger partial charge in [-0.1, -0.05) is 5.10 Å². The summed E-state index contributed by atoms with van der Waals surface area (Å²) < 4.78 is 62.1. The standard InChI is InChI=1S/C11H11F2NO2.C8H5F2N3O/c1-16-7-3-8(12)11(9(13)4-7)6-2-10(15)14-5-6;9-5-2-1-4(3-6(5)10)7-12-13-8(11)14-7/h3-4,6H,2,5H2,1H3,(H,14,15);1-3H,(H2,11,13). The van der Waals surface area contributed by atoms with E-state index in [4.69, 9.17) is 14.9 Å². The molecule has 0 saturated carbocycles. The van der Waals surface area contributed by atoms with Crippen molar-refractivity contribution in [3.63, 3.8) is 0 Å². The lowest BCUT2D eigenvalue weighted by Crippen LogP contribution is -2.14. The zero-order valence-electron chi connectivity index (χ0n) is 15.6. The van der Waals surface area contributed by atoms with Crippen molar-refractivity contribution in [1.29, 1.82) is 0 Å². The Morgan fingerprint density at radius 1 is 1.07 bits per heavy atom. The number of carbonyl (C=O) groups is 1. The van der Waals surface area contributed by atoms with Gasteiger partial charge in [-0.3, -0.25) is 4.79 Å². The topological polar surface area (TPSA) is 103 Å². The van der Waals surface area contributed by atoms with Gasteiger partial charge >= 0.3 is 6.01 Å². The Morgan fingerprint density at radius 2 is 1.77 bits per heavy atom. The van der Waals surface area contributed by atoms with E-state index in [0.29, 0.717) is 0 Å². The number of benzene rings is 2. The van der Waals surface area contributed by atoms with Crippen LogP contribution in [0.15, 0.2) is 34.7 Å². The highest BCUT2D eigenvalue weighted by atomic mass is 19.2. The number of carbonyl (C=O) groups excluding carboxylic acids is 1. The van der Waals surface area contributed by atoms with Crippen LogP contribution in [-0.4, -0.2) is 29.8 Å². The minimum Gasteiger partial charge on any atom is -0.497 e. The molecule has 1 fully saturated rings. The van der Waals surface area contributed by atoms with Crippen molar-refractivity contribution in [3.05, 3.63) is 59.2 Å². The summed E-state index contributed by atoms with van der Waals surface area (Å²) in [6, 6.07) is 5.39. The van der Waals surface area contributed by atoms with Crippen LogP contribution in [0, 0.1) is 23.3 Å². The van der Waals surface area contributed by atoms with Crippen molar-refractivity contribution in [2.75, 3.05) is 19.4 Å². The Balaban J connectivity index is 0.000000172. The number of aromatic nitrogens is 2. The summed E-state index contributed by atoms with van der Waals surface area (Å²) in [5.74, 6) is -3.66. The maximum absolute atomic E-state index is 13.6. The summed E-state index contributed by atoms with van der Waals surface area (Å²) in [5.41, 5.74) is 5.42. The number of rotatable bonds is 3. The van der Waals surface area contributed by atoms with E-state index >= 15 is 0 Å². The Bertz CT molecular complexity index is 1050. The molecule has 2 aromatic carbocycles. The quantitative estimate of drug-likeness (QED) is 0.626. The maximum Gasteiger partial charge on any atom is 0.313 e. The lowest BCUT2D eigenvalue weighted by atomic mass is 9.97. The van der Waals surface area contributed by atoms with Crippen LogP contribution in [0.3, 0.4) is 0 Å². The summed E-state index contributed by atoms with van der Waals surface area (Å²) in [7, 11) is 1.34. The van der Waals surface area contributed by atoms with Gasteiger partial charge in [-0.05, 0) is 18.2 Å². The molecule has 1 atom stereocenters. The molecule has 30 heavy (non-hydrogen) atoms. The molecule has 11 heteroatoms. The van der Waals surface area contributed by atoms with Gasteiger partial charge in [0.15, 0.2) is 11.6 Å². The van der Waals surface area contributed by atoms with Gasteiger partial charge in [-0.15, -0.1) is 5.10 Å². The van der Waals surface area contributed by atoms with Crippen molar-refractivity contribution in [3.8, 4) is 17.2 Å². The minimum absolute atomic E-state index is 0.0425. The van der Waals surface area contributed by atoms with Crippen molar-refractivity contribution >= 4 is 11.9 Å². The Hall–Kier alpha value is -3.63. The second-order valence-corrected chi connectivity index (χ2v) is 6.28. The summed E-state index contributed by atoms with van der Waals surface area (Å²) >= 11 is 0. The highest BCUT2D eigenvalue weighted by molar-refractivity contribution is 5.79. The number of ether oxygens (including phenoxy) is 1. The molecule has 158 valence electrons. The Labute approximate surface area is 167 Å². The fourth-order valence-corrected chi connectivity index (χ4v) is 2.86. The lowest BCUT2D eigenvalue weighted by Gasteiger charge is -2.11. The van der Waals surface area contributed by atoms with Gasteiger partial charge in [0.2, 0.25) is 11.8 Å². The van der Waals surface area contributed by atoms with Crippen LogP contribution in [0.5, 0.6) is 5.75 Å². The first-order chi connectivity index (χ1) is 14.3. The molecular weight excluding hydrogens is 408 g/mol. The SMILES string of the molecule is COc1cc(F)c(C2CNC(=O)C2)c(F)c1.Nc1nnc(-c2ccc(F)c(F)c2)o1. The van der Waals surface area contributed by atoms with Gasteiger partial charge in [-0.2, -0.15) is 0 Å². The number of nitrogens with one attached hydrogen (secondary N) is 1. The predicted molar refractivity (Wildman–Crippen MR) is 97.3 cm³/mol. The lowest BCUT2D eigenvalue weighted by molar-refractivity contribution is -0.119. The molecular formula is C19H16F4N4O3. The average molecular weight is 424 g/mol. The van der Waals surface area contributed by atoms with Gasteiger partial charge in [-0.25, -0.2) is 17.6 Å². The number of nitrogens with two attached hydrogens (primary N) is 1. The monoisotopic (exact) mass is 424 g/mol. The van der Waals surface area contributed by atoms with Gasteiger partial charge in [0.25, 0.3) is 0 Å². The number of anilines is 1. The second kappa shape index (κ2) is 8.80. The molecule has 7 nitrogen and oxygen atoms in total. The van der Waals surface area contributed by atoms with Gasteiger partial charge in [0, 0.05) is 42.1 Å². The molecule has 1 amide bonds. The second-order valence-electron chi connectivity index (χ2n) is 6.28. The smallest absolute Gasteiger partial charge is 0.313 e. The molecule has 3 aromatic rings. The minimum atomic E-state index is -0.973. The molecule has 1 aromatic heterocycles. The van der Waals surface area contributed by atoms with E-state index in [-0.39, 0.29) is 47.7 Å². The first-order valence-corrected chi connectivity index (χ1v) is 8.62. The molecule has 4 rings (SSSR count). The van der Waals surface area contributed by atoms with E-state index in [1.165, 1.54) is 13.2 Å². The van der Waals surface area contributed by atoms with Crippen LogP contribution in [0.2, 0.25) is 0 Å². The molecule has 1 unspecified atom stereocenters. The molecule has 0 radical (unpaired) electrons. The number of amides is 1. The third-order valence-electron chi connectivity index (χ3n) is 4.28. The van der Waals surface area contributed by atoms with E-state index in [9.17, 15) is 22.4 Å². The third kappa shape index (κ3) is 4.67. The summed E-state index contributed by atoms with van der Waals surface area (Å²) in [6.45, 7) is 0.277. The van der Waals surface area contributed by atoms with E-state index in [1.807, 2.05) is 0 Å². The number of nitrogens with zero attached hydrogens (tertiary/aromatic N) is 2. The number of halogens is 4. The van der Waals surface area contributed by atoms with Crippen LogP contribution in [0.4, 0.5) is 23.6 Å². The highest BCUT2D eigenvalue weighted by Gasteiger charge is 2.28. The zero-order chi connectivity index (χ0) is 21.8.